The van der Waals surface area contributed by atoms with Gasteiger partial charge in [-0.2, -0.15) is 0 Å². The fraction of sp³-hybridized carbons (Fsp3) is 0.571. The number of rotatable bonds is 5. The van der Waals surface area contributed by atoms with Crippen LogP contribution in [0.15, 0.2) is 24.3 Å². The third-order valence-electron chi connectivity index (χ3n) is 5.53. The Morgan fingerprint density at radius 3 is 2.36 bits per heavy atom. The van der Waals surface area contributed by atoms with E-state index in [2.05, 4.69) is 5.32 Å². The molecule has 1 aromatic rings. The fourth-order valence-corrected chi connectivity index (χ4v) is 3.85. The molecule has 2 aliphatic rings. The van der Waals surface area contributed by atoms with Gasteiger partial charge in [0.1, 0.15) is 11.9 Å². The Kier molecular flexibility index (Phi) is 6.31. The molecule has 152 valence electrons. The molecule has 0 spiro atoms. The van der Waals surface area contributed by atoms with E-state index >= 15 is 0 Å². The summed E-state index contributed by atoms with van der Waals surface area (Å²) in [7, 11) is 0. The van der Waals surface area contributed by atoms with E-state index in [4.69, 9.17) is 0 Å². The minimum Gasteiger partial charge on any atom is -0.344 e. The number of carbonyl (C=O) groups is 3. The second-order valence-electron chi connectivity index (χ2n) is 8.00. The lowest BCUT2D eigenvalue weighted by atomic mass is 9.99. The highest BCUT2D eigenvalue weighted by atomic mass is 19.1. The molecule has 1 aromatic carbocycles. The zero-order chi connectivity index (χ0) is 20.3. The van der Waals surface area contributed by atoms with Gasteiger partial charge >= 0.3 is 0 Å². The molecule has 2 atom stereocenters. The van der Waals surface area contributed by atoms with Crippen LogP contribution in [0, 0.1) is 17.7 Å². The summed E-state index contributed by atoms with van der Waals surface area (Å²) in [5, 5.41) is 2.89. The van der Waals surface area contributed by atoms with E-state index in [0.717, 1.165) is 32.4 Å². The van der Waals surface area contributed by atoms with E-state index < -0.39 is 12.0 Å². The Morgan fingerprint density at radius 1 is 1.11 bits per heavy atom. The first kappa shape index (κ1) is 20.3. The maximum absolute atomic E-state index is 13.1. The number of carbonyl (C=O) groups excluding carboxylic acids is 3. The summed E-state index contributed by atoms with van der Waals surface area (Å²) in [4.78, 5) is 41.4. The summed E-state index contributed by atoms with van der Waals surface area (Å²) in [5.41, 5.74) is 0.575. The van der Waals surface area contributed by atoms with E-state index in [0.29, 0.717) is 5.69 Å². The van der Waals surface area contributed by atoms with E-state index in [1.54, 1.807) is 0 Å². The van der Waals surface area contributed by atoms with Crippen LogP contribution in [-0.2, 0) is 14.4 Å². The van der Waals surface area contributed by atoms with E-state index in [-0.39, 0.29) is 42.4 Å². The van der Waals surface area contributed by atoms with Crippen molar-refractivity contribution in [3.63, 3.8) is 0 Å². The summed E-state index contributed by atoms with van der Waals surface area (Å²) < 4.78 is 13.1. The third kappa shape index (κ3) is 4.51. The van der Waals surface area contributed by atoms with Crippen molar-refractivity contribution in [2.75, 3.05) is 24.5 Å². The van der Waals surface area contributed by atoms with Crippen molar-refractivity contribution in [3.05, 3.63) is 30.1 Å². The monoisotopic (exact) mass is 389 g/mol. The normalized spacial score (nSPS) is 21.1. The lowest BCUT2D eigenvalue weighted by Gasteiger charge is -2.32. The molecule has 1 N–H and O–H groups in total. The molecule has 2 saturated heterocycles. The molecule has 2 fully saturated rings. The number of piperidine rings is 1. The Bertz CT molecular complexity index is 729. The number of nitrogens with one attached hydrogen (secondary N) is 1. The molecule has 0 aliphatic carbocycles. The number of halogens is 1. The average molecular weight is 389 g/mol. The Balaban J connectivity index is 1.64. The first-order valence-electron chi connectivity index (χ1n) is 10.0. The molecule has 0 unspecified atom stereocenters. The minimum absolute atomic E-state index is 0.0383. The molecular weight excluding hydrogens is 361 g/mol. The van der Waals surface area contributed by atoms with E-state index in [1.165, 1.54) is 29.2 Å². The molecule has 0 aromatic heterocycles. The smallest absolute Gasteiger partial charge is 0.245 e. The van der Waals surface area contributed by atoms with Gasteiger partial charge < -0.3 is 15.1 Å². The van der Waals surface area contributed by atoms with Gasteiger partial charge in [-0.3, -0.25) is 14.4 Å². The van der Waals surface area contributed by atoms with Gasteiger partial charge in [-0.05, 0) is 49.4 Å². The SMILES string of the molecule is CC(C)[C@H](NC(=O)[C@@H]1CC(=O)N(c2ccc(F)cc2)C1)C(=O)N1CCCCC1. The third-order valence-corrected chi connectivity index (χ3v) is 5.53. The van der Waals surface area contributed by atoms with Gasteiger partial charge in [0.05, 0.1) is 5.92 Å². The molecule has 0 radical (unpaired) electrons. The van der Waals surface area contributed by atoms with Crippen LogP contribution in [0.4, 0.5) is 10.1 Å². The number of hydrogen-bond acceptors (Lipinski definition) is 3. The van der Waals surface area contributed by atoms with Crippen LogP contribution in [0.25, 0.3) is 0 Å². The Labute approximate surface area is 165 Å². The maximum Gasteiger partial charge on any atom is 0.245 e. The zero-order valence-corrected chi connectivity index (χ0v) is 16.5. The number of likely N-dealkylation sites (tertiary alicyclic amines) is 1. The molecular formula is C21H28FN3O3. The highest BCUT2D eigenvalue weighted by Crippen LogP contribution is 2.26. The Morgan fingerprint density at radius 2 is 1.75 bits per heavy atom. The minimum atomic E-state index is -0.583. The second-order valence-corrected chi connectivity index (χ2v) is 8.00. The van der Waals surface area contributed by atoms with Crippen molar-refractivity contribution in [2.45, 2.75) is 45.6 Å². The molecule has 0 saturated carbocycles. The number of anilines is 1. The number of nitrogens with zero attached hydrogens (tertiary/aromatic N) is 2. The van der Waals surface area contributed by atoms with Gasteiger partial charge in [-0.1, -0.05) is 13.8 Å². The molecule has 2 heterocycles. The van der Waals surface area contributed by atoms with Crippen LogP contribution >= 0.6 is 0 Å². The highest BCUT2D eigenvalue weighted by Gasteiger charge is 2.38. The first-order valence-corrected chi connectivity index (χ1v) is 10.0. The van der Waals surface area contributed by atoms with Crippen LogP contribution in [0.3, 0.4) is 0 Å². The topological polar surface area (TPSA) is 69.7 Å². The van der Waals surface area contributed by atoms with Crippen molar-refractivity contribution in [1.82, 2.24) is 10.2 Å². The molecule has 6 nitrogen and oxygen atoms in total. The number of amides is 3. The fourth-order valence-electron chi connectivity index (χ4n) is 3.85. The van der Waals surface area contributed by atoms with Gasteiger partial charge in [0.15, 0.2) is 0 Å². The van der Waals surface area contributed by atoms with Gasteiger partial charge in [-0.15, -0.1) is 0 Å². The van der Waals surface area contributed by atoms with Crippen molar-refractivity contribution in [3.8, 4) is 0 Å². The van der Waals surface area contributed by atoms with Crippen LogP contribution in [0.2, 0.25) is 0 Å². The summed E-state index contributed by atoms with van der Waals surface area (Å²) in [6.45, 7) is 5.53. The average Bonchev–Trinajstić information content (AvgIpc) is 3.08. The zero-order valence-electron chi connectivity index (χ0n) is 16.5. The van der Waals surface area contributed by atoms with Gasteiger partial charge in [0.2, 0.25) is 17.7 Å². The van der Waals surface area contributed by atoms with Crippen LogP contribution < -0.4 is 10.2 Å². The van der Waals surface area contributed by atoms with Crippen molar-refractivity contribution in [1.29, 1.82) is 0 Å². The predicted molar refractivity (Wildman–Crippen MR) is 104 cm³/mol. The van der Waals surface area contributed by atoms with Crippen LogP contribution in [0.1, 0.15) is 39.5 Å². The lowest BCUT2D eigenvalue weighted by molar-refractivity contribution is -0.139. The van der Waals surface area contributed by atoms with E-state index in [9.17, 15) is 18.8 Å². The molecule has 28 heavy (non-hydrogen) atoms. The summed E-state index contributed by atoms with van der Waals surface area (Å²) in [6, 6.07) is 5.07. The van der Waals surface area contributed by atoms with E-state index in [1.807, 2.05) is 18.7 Å². The Hall–Kier alpha value is -2.44. The number of hydrogen-bond donors (Lipinski definition) is 1. The quantitative estimate of drug-likeness (QED) is 0.840. The van der Waals surface area contributed by atoms with Crippen molar-refractivity contribution in [2.24, 2.45) is 11.8 Å². The molecule has 3 amide bonds. The molecule has 7 heteroatoms. The number of benzene rings is 1. The van der Waals surface area contributed by atoms with Crippen molar-refractivity contribution < 1.29 is 18.8 Å². The standard InChI is InChI=1S/C21H28FN3O3/c1-14(2)19(21(28)24-10-4-3-5-11-24)23-20(27)15-12-18(26)25(13-15)17-8-6-16(22)7-9-17/h6-9,14-15,19H,3-5,10-13H2,1-2H3,(H,23,27)/t15-,19+/m1/s1. The van der Waals surface area contributed by atoms with Gasteiger partial charge in [0, 0.05) is 31.7 Å². The summed E-state index contributed by atoms with van der Waals surface area (Å²) in [6.07, 6.45) is 3.21. The highest BCUT2D eigenvalue weighted by molar-refractivity contribution is 6.01. The molecule has 0 bridgehead atoms. The molecule has 3 rings (SSSR count). The summed E-state index contributed by atoms with van der Waals surface area (Å²) >= 11 is 0. The molecule has 2 aliphatic heterocycles. The summed E-state index contributed by atoms with van der Waals surface area (Å²) in [5.74, 6) is -1.42. The van der Waals surface area contributed by atoms with Crippen LogP contribution in [0.5, 0.6) is 0 Å². The van der Waals surface area contributed by atoms with Crippen LogP contribution in [-0.4, -0.2) is 48.3 Å². The van der Waals surface area contributed by atoms with Crippen molar-refractivity contribution >= 4 is 23.4 Å². The second kappa shape index (κ2) is 8.71. The largest absolute Gasteiger partial charge is 0.344 e. The maximum atomic E-state index is 13.1. The predicted octanol–water partition coefficient (Wildman–Crippen LogP) is 2.33. The van der Waals surface area contributed by atoms with Gasteiger partial charge in [0.25, 0.3) is 0 Å². The lowest BCUT2D eigenvalue weighted by Crippen LogP contribution is -2.53. The first-order chi connectivity index (χ1) is 13.4. The van der Waals surface area contributed by atoms with Gasteiger partial charge in [-0.25, -0.2) is 4.39 Å².